The maximum absolute atomic E-state index is 2.30. The highest BCUT2D eigenvalue weighted by molar-refractivity contribution is 7.72. The molecule has 0 fully saturated rings. The Labute approximate surface area is 34.9 Å². The van der Waals surface area contributed by atoms with E-state index in [4.69, 9.17) is 0 Å². The molecule has 0 aromatic rings. The van der Waals surface area contributed by atoms with E-state index >= 15 is 0 Å². The molecule has 0 radical (unpaired) electrons. The molecule has 0 aromatic heterocycles. The lowest BCUT2D eigenvalue weighted by Gasteiger charge is -1.97. The van der Waals surface area contributed by atoms with E-state index in [0.29, 0.717) is 0 Å². The third-order valence-electron chi connectivity index (χ3n) is 0. The van der Waals surface area contributed by atoms with E-state index in [0.717, 1.165) is 0 Å². The maximum Gasteiger partial charge on any atom is 0.0481 e. The normalized spacial score (nSPS) is 12.0. The zero-order valence-electron chi connectivity index (χ0n) is 4.45. The molecule has 1 heteroatoms. The van der Waals surface area contributed by atoms with Gasteiger partial charge >= 0.3 is 0 Å². The standard InChI is InChI=1S/C4H12P/c1-5(2,3)4/h1-4H3/q+1. The Morgan fingerprint density at radius 3 is 0.800 bits per heavy atom. The first-order chi connectivity index (χ1) is 2.00. The molecule has 0 aromatic carbocycles. The Morgan fingerprint density at radius 2 is 0.800 bits per heavy atom. The van der Waals surface area contributed by atoms with Gasteiger partial charge in [0.25, 0.3) is 0 Å². The fourth-order valence-corrected chi connectivity index (χ4v) is 0. The Bertz CT molecular complexity index is 19.1. The molecule has 0 rings (SSSR count). The first-order valence-electron chi connectivity index (χ1n) is 1.79. The highest BCUT2D eigenvalue weighted by atomic mass is 31.2. The van der Waals surface area contributed by atoms with Crippen LogP contribution in [0.15, 0.2) is 0 Å². The van der Waals surface area contributed by atoms with Gasteiger partial charge in [-0.15, -0.1) is 0 Å². The molecule has 0 heterocycles. The summed E-state index contributed by atoms with van der Waals surface area (Å²) < 4.78 is 0. The van der Waals surface area contributed by atoms with E-state index in [1.54, 1.807) is 0 Å². The molecule has 0 saturated carbocycles. The van der Waals surface area contributed by atoms with Gasteiger partial charge in [-0.1, -0.05) is 0 Å². The van der Waals surface area contributed by atoms with Crippen molar-refractivity contribution < 1.29 is 0 Å². The quantitative estimate of drug-likeness (QED) is 0.396. The molecular weight excluding hydrogens is 79.0 g/mol. The zero-order chi connectivity index (χ0) is 4.50. The molecule has 0 bridgehead atoms. The van der Waals surface area contributed by atoms with Crippen LogP contribution < -0.4 is 0 Å². The highest BCUT2D eigenvalue weighted by Crippen LogP contribution is 2.40. The van der Waals surface area contributed by atoms with Crippen molar-refractivity contribution >= 4 is 7.26 Å². The van der Waals surface area contributed by atoms with E-state index in [-0.39, 0.29) is 7.26 Å². The number of hydrogen-bond acceptors (Lipinski definition) is 0. The van der Waals surface area contributed by atoms with Crippen molar-refractivity contribution in [2.24, 2.45) is 0 Å². The number of rotatable bonds is 0. The van der Waals surface area contributed by atoms with Crippen molar-refractivity contribution in [3.63, 3.8) is 0 Å². The number of hydrogen-bond donors (Lipinski definition) is 0. The summed E-state index contributed by atoms with van der Waals surface area (Å²) in [5.74, 6) is 0. The van der Waals surface area contributed by atoms with Crippen molar-refractivity contribution in [1.82, 2.24) is 0 Å². The molecule has 0 unspecified atom stereocenters. The smallest absolute Gasteiger partial charge is 0.00222 e. The first kappa shape index (κ1) is 5.43. The molecule has 0 aliphatic rings. The second-order valence-electron chi connectivity index (χ2n) is 2.68. The van der Waals surface area contributed by atoms with Crippen LogP contribution in [-0.4, -0.2) is 26.7 Å². The fraction of sp³-hybridized carbons (Fsp3) is 1.00. The van der Waals surface area contributed by atoms with Crippen molar-refractivity contribution in [3.8, 4) is 0 Å². The molecule has 0 aliphatic heterocycles. The summed E-state index contributed by atoms with van der Waals surface area (Å²) in [7, 11) is -0.389. The Morgan fingerprint density at radius 1 is 0.800 bits per heavy atom. The van der Waals surface area contributed by atoms with E-state index in [2.05, 4.69) is 26.7 Å². The van der Waals surface area contributed by atoms with Gasteiger partial charge in [0.1, 0.15) is 0 Å². The van der Waals surface area contributed by atoms with Gasteiger partial charge in [0.05, 0.1) is 0 Å². The topological polar surface area (TPSA) is 0 Å². The Balaban J connectivity index is 3.02. The molecule has 0 spiro atoms. The Hall–Kier alpha value is 0.430. The SMILES string of the molecule is C[P+](C)(C)C. The van der Waals surface area contributed by atoms with Crippen LogP contribution in [-0.2, 0) is 0 Å². The van der Waals surface area contributed by atoms with E-state index in [9.17, 15) is 0 Å². The molecule has 0 N–H and O–H groups in total. The van der Waals surface area contributed by atoms with Crippen LogP contribution in [0.1, 0.15) is 0 Å². The molecule has 32 valence electrons. The van der Waals surface area contributed by atoms with Crippen LogP contribution in [0.25, 0.3) is 0 Å². The lowest BCUT2D eigenvalue weighted by Crippen LogP contribution is -1.74. The zero-order valence-corrected chi connectivity index (χ0v) is 5.34. The monoisotopic (exact) mass is 91.1 g/mol. The lowest BCUT2D eigenvalue weighted by atomic mass is 11.8. The minimum Gasteiger partial charge on any atom is 0.00222 e. The summed E-state index contributed by atoms with van der Waals surface area (Å²) in [6.07, 6.45) is 0. The van der Waals surface area contributed by atoms with Gasteiger partial charge in [-0.05, 0) is 0 Å². The first-order valence-corrected chi connectivity index (χ1v) is 5.37. The lowest BCUT2D eigenvalue weighted by molar-refractivity contribution is 1.95. The van der Waals surface area contributed by atoms with Crippen LogP contribution in [0.2, 0.25) is 0 Å². The van der Waals surface area contributed by atoms with Gasteiger partial charge in [-0.2, -0.15) is 0 Å². The molecule has 0 nitrogen and oxygen atoms in total. The maximum atomic E-state index is 2.30. The van der Waals surface area contributed by atoms with Gasteiger partial charge < -0.3 is 0 Å². The van der Waals surface area contributed by atoms with Crippen molar-refractivity contribution in [3.05, 3.63) is 0 Å². The van der Waals surface area contributed by atoms with Gasteiger partial charge in [0, 0.05) is 33.9 Å². The Kier molecular flexibility index (Phi) is 1.37. The highest BCUT2D eigenvalue weighted by Gasteiger charge is 2.03. The average molecular weight is 91.1 g/mol. The summed E-state index contributed by atoms with van der Waals surface area (Å²) in [6.45, 7) is 9.19. The van der Waals surface area contributed by atoms with Gasteiger partial charge in [0.15, 0.2) is 0 Å². The average Bonchev–Trinajstić information content (AvgIpc) is 0.722. The van der Waals surface area contributed by atoms with Crippen molar-refractivity contribution in [2.45, 2.75) is 0 Å². The summed E-state index contributed by atoms with van der Waals surface area (Å²) >= 11 is 0. The molecular formula is C4H12P+. The van der Waals surface area contributed by atoms with E-state index in [1.807, 2.05) is 0 Å². The van der Waals surface area contributed by atoms with Crippen LogP contribution in [0, 0.1) is 0 Å². The summed E-state index contributed by atoms with van der Waals surface area (Å²) in [5.41, 5.74) is 0. The molecule has 0 aliphatic carbocycles. The van der Waals surface area contributed by atoms with Gasteiger partial charge in [-0.3, -0.25) is 0 Å². The van der Waals surface area contributed by atoms with Crippen LogP contribution in [0.5, 0.6) is 0 Å². The fourth-order valence-electron chi connectivity index (χ4n) is 0. The largest absolute Gasteiger partial charge is 0.0481 e. The van der Waals surface area contributed by atoms with E-state index < -0.39 is 0 Å². The third kappa shape index (κ3) is 141. The molecule has 0 atom stereocenters. The minimum atomic E-state index is -0.389. The van der Waals surface area contributed by atoms with Crippen LogP contribution in [0.3, 0.4) is 0 Å². The van der Waals surface area contributed by atoms with Crippen molar-refractivity contribution in [2.75, 3.05) is 26.7 Å². The predicted molar refractivity (Wildman–Crippen MR) is 30.6 cm³/mol. The minimum absolute atomic E-state index is 0.389. The second-order valence-corrected chi connectivity index (χ2v) is 8.05. The summed E-state index contributed by atoms with van der Waals surface area (Å²) in [6, 6.07) is 0. The summed E-state index contributed by atoms with van der Waals surface area (Å²) in [4.78, 5) is 0. The van der Waals surface area contributed by atoms with Gasteiger partial charge in [-0.25, -0.2) is 0 Å². The molecule has 5 heavy (non-hydrogen) atoms. The van der Waals surface area contributed by atoms with Crippen LogP contribution in [0.4, 0.5) is 0 Å². The third-order valence-corrected chi connectivity index (χ3v) is 0. The van der Waals surface area contributed by atoms with Gasteiger partial charge in [0.2, 0.25) is 0 Å². The second kappa shape index (κ2) is 1.26. The summed E-state index contributed by atoms with van der Waals surface area (Å²) in [5, 5.41) is 0. The molecule has 0 amide bonds. The molecule has 0 saturated heterocycles. The predicted octanol–water partition coefficient (Wildman–Crippen LogP) is 1.52. The van der Waals surface area contributed by atoms with E-state index in [1.165, 1.54) is 0 Å². The van der Waals surface area contributed by atoms with Crippen molar-refractivity contribution in [1.29, 1.82) is 0 Å². The van der Waals surface area contributed by atoms with Crippen LogP contribution >= 0.6 is 7.26 Å².